The number of rotatable bonds is 7. The first-order chi connectivity index (χ1) is 17.2. The fourth-order valence-corrected chi connectivity index (χ4v) is 4.59. The molecule has 0 unspecified atom stereocenters. The molecule has 1 N–H and O–H groups in total. The highest BCUT2D eigenvalue weighted by molar-refractivity contribution is 8.18. The highest BCUT2D eigenvalue weighted by Gasteiger charge is 2.35. The second-order valence-corrected chi connectivity index (χ2v) is 9.33. The third-order valence-corrected chi connectivity index (χ3v) is 6.51. The van der Waals surface area contributed by atoms with Gasteiger partial charge in [-0.1, -0.05) is 12.1 Å². The number of thioether (sulfide) groups is 1. The summed E-state index contributed by atoms with van der Waals surface area (Å²) in [6.45, 7) is 3.64. The van der Waals surface area contributed by atoms with Crippen molar-refractivity contribution in [1.82, 2.24) is 19.8 Å². The van der Waals surface area contributed by atoms with E-state index in [2.05, 4.69) is 9.97 Å². The van der Waals surface area contributed by atoms with E-state index < -0.39 is 17.2 Å². The van der Waals surface area contributed by atoms with Crippen LogP contribution in [0.3, 0.4) is 0 Å². The molecule has 2 fully saturated rings. The second kappa shape index (κ2) is 10.8. The number of ketones is 1. The van der Waals surface area contributed by atoms with Crippen molar-refractivity contribution in [3.63, 3.8) is 0 Å². The number of Topliss-reactive ketones (excluding diaryl/α,β-unsaturated/α-hetero) is 1. The van der Waals surface area contributed by atoms with Gasteiger partial charge in [-0.3, -0.25) is 19.3 Å². The summed E-state index contributed by atoms with van der Waals surface area (Å²) < 4.78 is 12.0. The van der Waals surface area contributed by atoms with Crippen LogP contribution >= 0.6 is 11.8 Å². The van der Waals surface area contributed by atoms with Crippen molar-refractivity contribution >= 4 is 40.9 Å². The zero-order chi connectivity index (χ0) is 25.8. The van der Waals surface area contributed by atoms with Gasteiger partial charge in [0, 0.05) is 25.9 Å². The summed E-state index contributed by atoms with van der Waals surface area (Å²) >= 11 is 0.784. The van der Waals surface area contributed by atoms with E-state index >= 15 is 0 Å². The van der Waals surface area contributed by atoms with Gasteiger partial charge in [0.15, 0.2) is 0 Å². The standard InChI is InChI=1S/C24H24N4O7S/c1-14(29)12-28-22(30)19(36-24(28)33)11-16-4-3-5-18(10-16)35-21-15(2)20(25-13-26-21)34-17-6-8-27(9-7-17)23(31)32/h3-5,10-11,13,17H,6-9,12H2,1-2H3,(H,31,32). The van der Waals surface area contributed by atoms with Crippen molar-refractivity contribution in [2.75, 3.05) is 19.6 Å². The van der Waals surface area contributed by atoms with Gasteiger partial charge >= 0.3 is 6.09 Å². The van der Waals surface area contributed by atoms with Crippen molar-refractivity contribution in [2.24, 2.45) is 0 Å². The van der Waals surface area contributed by atoms with Gasteiger partial charge in [-0.15, -0.1) is 0 Å². The van der Waals surface area contributed by atoms with Crippen molar-refractivity contribution in [3.8, 4) is 17.5 Å². The Morgan fingerprint density at radius 3 is 2.61 bits per heavy atom. The molecule has 2 aromatic rings. The van der Waals surface area contributed by atoms with E-state index in [-0.39, 0.29) is 23.3 Å². The zero-order valence-corrected chi connectivity index (χ0v) is 20.5. The van der Waals surface area contributed by atoms with Crippen LogP contribution in [0.25, 0.3) is 6.08 Å². The minimum atomic E-state index is -0.934. The molecule has 3 heterocycles. The average Bonchev–Trinajstić information content (AvgIpc) is 3.09. The molecule has 0 spiro atoms. The number of carboxylic acid groups (broad SMARTS) is 1. The lowest BCUT2D eigenvalue weighted by Crippen LogP contribution is -2.41. The highest BCUT2D eigenvalue weighted by atomic mass is 32.2. The van der Waals surface area contributed by atoms with Crippen LogP contribution in [-0.4, -0.2) is 73.6 Å². The Morgan fingerprint density at radius 1 is 1.19 bits per heavy atom. The fraction of sp³-hybridized carbons (Fsp3) is 0.333. The molecule has 188 valence electrons. The quantitative estimate of drug-likeness (QED) is 0.546. The van der Waals surface area contributed by atoms with Gasteiger partial charge in [0.2, 0.25) is 11.8 Å². The van der Waals surface area contributed by atoms with Gasteiger partial charge in [-0.25, -0.2) is 14.8 Å². The van der Waals surface area contributed by atoms with Crippen molar-refractivity contribution in [1.29, 1.82) is 0 Å². The first-order valence-corrected chi connectivity index (χ1v) is 12.0. The maximum Gasteiger partial charge on any atom is 0.407 e. The van der Waals surface area contributed by atoms with E-state index in [0.717, 1.165) is 16.7 Å². The number of amides is 3. The van der Waals surface area contributed by atoms with Gasteiger partial charge in [0.05, 0.1) is 17.0 Å². The summed E-state index contributed by atoms with van der Waals surface area (Å²) in [5, 5.41) is 8.62. The van der Waals surface area contributed by atoms with Gasteiger partial charge in [0.25, 0.3) is 11.1 Å². The van der Waals surface area contributed by atoms with Gasteiger partial charge < -0.3 is 19.5 Å². The molecule has 1 aromatic heterocycles. The number of nitrogens with zero attached hydrogens (tertiary/aromatic N) is 4. The van der Waals surface area contributed by atoms with Crippen LogP contribution in [0.5, 0.6) is 17.5 Å². The Hall–Kier alpha value is -3.93. The lowest BCUT2D eigenvalue weighted by molar-refractivity contribution is -0.127. The first kappa shape index (κ1) is 25.2. The van der Waals surface area contributed by atoms with Crippen LogP contribution in [0.15, 0.2) is 35.5 Å². The first-order valence-electron chi connectivity index (χ1n) is 11.2. The Labute approximate surface area is 211 Å². The topological polar surface area (TPSA) is 139 Å². The molecule has 2 aliphatic rings. The number of carbonyl (C=O) groups excluding carboxylic acids is 3. The van der Waals surface area contributed by atoms with Gasteiger partial charge in [-0.05, 0) is 49.4 Å². The van der Waals surface area contributed by atoms with Crippen molar-refractivity contribution < 1.29 is 33.8 Å². The summed E-state index contributed by atoms with van der Waals surface area (Å²) in [6, 6.07) is 6.92. The molecule has 0 radical (unpaired) electrons. The van der Waals surface area contributed by atoms with Gasteiger partial charge in [0.1, 0.15) is 24.0 Å². The maximum atomic E-state index is 12.5. The Kier molecular flexibility index (Phi) is 7.53. The van der Waals surface area contributed by atoms with Crippen molar-refractivity contribution in [2.45, 2.75) is 32.8 Å². The molecule has 12 heteroatoms. The third-order valence-electron chi connectivity index (χ3n) is 5.61. The van der Waals surface area contributed by atoms with Crippen LogP contribution in [0.2, 0.25) is 0 Å². The maximum absolute atomic E-state index is 12.5. The van der Waals surface area contributed by atoms with E-state index in [4.69, 9.17) is 14.6 Å². The zero-order valence-electron chi connectivity index (χ0n) is 19.7. The summed E-state index contributed by atoms with van der Waals surface area (Å²) in [4.78, 5) is 57.9. The molecule has 36 heavy (non-hydrogen) atoms. The Balaban J connectivity index is 1.45. The predicted molar refractivity (Wildman–Crippen MR) is 130 cm³/mol. The number of hydrogen-bond acceptors (Lipinski definition) is 9. The van der Waals surface area contributed by atoms with E-state index in [9.17, 15) is 19.2 Å². The minimum absolute atomic E-state index is 0.163. The van der Waals surface area contributed by atoms with E-state index in [1.54, 1.807) is 37.3 Å². The molecular formula is C24H24N4O7S. The van der Waals surface area contributed by atoms with Crippen LogP contribution in [0, 0.1) is 6.92 Å². The number of carbonyl (C=O) groups is 4. The number of aromatic nitrogens is 2. The lowest BCUT2D eigenvalue weighted by atomic mass is 10.1. The number of hydrogen-bond donors (Lipinski definition) is 1. The molecule has 0 aliphatic carbocycles. The molecule has 4 rings (SSSR count). The van der Waals surface area contributed by atoms with Crippen LogP contribution in [0.1, 0.15) is 30.9 Å². The molecule has 1 aromatic carbocycles. The van der Waals surface area contributed by atoms with E-state index in [1.165, 1.54) is 18.2 Å². The molecule has 11 nitrogen and oxygen atoms in total. The van der Waals surface area contributed by atoms with Gasteiger partial charge in [-0.2, -0.15) is 0 Å². The molecule has 0 bridgehead atoms. The highest BCUT2D eigenvalue weighted by Crippen LogP contribution is 2.33. The molecule has 0 atom stereocenters. The van der Waals surface area contributed by atoms with E-state index in [0.29, 0.717) is 54.6 Å². The molecule has 2 aliphatic heterocycles. The molecule has 0 saturated carbocycles. The smallest absolute Gasteiger partial charge is 0.407 e. The largest absolute Gasteiger partial charge is 0.474 e. The van der Waals surface area contributed by atoms with Crippen LogP contribution < -0.4 is 9.47 Å². The average molecular weight is 513 g/mol. The fourth-order valence-electron chi connectivity index (χ4n) is 3.75. The number of imide groups is 1. The summed E-state index contributed by atoms with van der Waals surface area (Å²) in [5.41, 5.74) is 1.23. The Bertz CT molecular complexity index is 1240. The molecular weight excluding hydrogens is 488 g/mol. The number of ether oxygens (including phenoxy) is 2. The normalized spacial score (nSPS) is 17.6. The second-order valence-electron chi connectivity index (χ2n) is 8.34. The monoisotopic (exact) mass is 512 g/mol. The summed E-state index contributed by atoms with van der Waals surface area (Å²) in [6.07, 6.45) is 2.93. The van der Waals surface area contributed by atoms with E-state index in [1.807, 2.05) is 0 Å². The number of piperidine rings is 1. The lowest BCUT2D eigenvalue weighted by Gasteiger charge is -2.30. The summed E-state index contributed by atoms with van der Waals surface area (Å²) in [7, 11) is 0. The minimum Gasteiger partial charge on any atom is -0.474 e. The number of benzene rings is 1. The van der Waals surface area contributed by atoms with Crippen LogP contribution in [0.4, 0.5) is 9.59 Å². The third kappa shape index (κ3) is 5.82. The van der Waals surface area contributed by atoms with Crippen LogP contribution in [-0.2, 0) is 9.59 Å². The predicted octanol–water partition coefficient (Wildman–Crippen LogP) is 3.72. The Morgan fingerprint density at radius 2 is 1.92 bits per heavy atom. The summed E-state index contributed by atoms with van der Waals surface area (Å²) in [5.74, 6) is 0.331. The SMILES string of the molecule is CC(=O)CN1C(=O)SC(=Cc2cccc(Oc3ncnc(OC4CCN(C(=O)O)CC4)c3C)c2)C1=O. The molecule has 2 saturated heterocycles. The number of likely N-dealkylation sites (tertiary alicyclic amines) is 1. The van der Waals surface area contributed by atoms with Crippen molar-refractivity contribution in [3.05, 3.63) is 46.6 Å². The molecule has 3 amide bonds.